The third-order valence-corrected chi connectivity index (χ3v) is 6.31. The fourth-order valence-electron chi connectivity index (χ4n) is 3.51. The Morgan fingerprint density at radius 3 is 2.67 bits per heavy atom. The second kappa shape index (κ2) is 9.45. The number of ether oxygens (including phenoxy) is 3. The molecule has 1 unspecified atom stereocenters. The number of rotatable bonds is 7. The van der Waals surface area contributed by atoms with E-state index in [1.165, 1.54) is 29.9 Å². The summed E-state index contributed by atoms with van der Waals surface area (Å²) < 4.78 is 21.4. The van der Waals surface area contributed by atoms with Crippen molar-refractivity contribution < 1.29 is 28.2 Å². The van der Waals surface area contributed by atoms with Crippen molar-refractivity contribution in [2.75, 3.05) is 26.6 Å². The van der Waals surface area contributed by atoms with Crippen LogP contribution in [-0.4, -0.2) is 43.4 Å². The first-order valence-electron chi connectivity index (χ1n) is 10.0. The second-order valence-corrected chi connectivity index (χ2v) is 8.34. The molecule has 1 N–H and O–H groups in total. The molecule has 4 rings (SSSR count). The molecule has 1 atom stereocenters. The quantitative estimate of drug-likeness (QED) is 0.526. The van der Waals surface area contributed by atoms with Gasteiger partial charge in [-0.1, -0.05) is 6.07 Å². The topological polar surface area (TPSA) is 107 Å². The van der Waals surface area contributed by atoms with Crippen LogP contribution in [0.5, 0.6) is 17.2 Å². The molecule has 0 bridgehead atoms. The van der Waals surface area contributed by atoms with Crippen LogP contribution in [0.1, 0.15) is 16.5 Å². The van der Waals surface area contributed by atoms with E-state index in [0.717, 1.165) is 16.5 Å². The molecule has 2 amide bonds. The van der Waals surface area contributed by atoms with Crippen molar-refractivity contribution in [1.29, 1.82) is 0 Å². The highest BCUT2D eigenvalue weighted by Gasteiger charge is 2.35. The van der Waals surface area contributed by atoms with Crippen LogP contribution in [0, 0.1) is 6.92 Å². The lowest BCUT2D eigenvalue weighted by molar-refractivity contribution is -0.140. The van der Waals surface area contributed by atoms with E-state index in [-0.39, 0.29) is 18.3 Å². The largest absolute Gasteiger partial charge is 0.493 e. The number of fused-ring (bicyclic) bond motifs is 1. The fraction of sp³-hybridized carbons (Fsp3) is 0.261. The first kappa shape index (κ1) is 22.5. The Bertz CT molecular complexity index is 1270. The summed E-state index contributed by atoms with van der Waals surface area (Å²) in [7, 11) is 3.08. The molecule has 172 valence electrons. The number of hydrogen-bond donors (Lipinski definition) is 1. The Morgan fingerprint density at radius 2 is 1.91 bits per heavy atom. The van der Waals surface area contributed by atoms with Gasteiger partial charge in [0.15, 0.2) is 18.1 Å². The van der Waals surface area contributed by atoms with Crippen LogP contribution in [0.25, 0.3) is 11.0 Å². The zero-order valence-electron chi connectivity index (χ0n) is 18.2. The first-order valence-corrected chi connectivity index (χ1v) is 11.1. The normalized spacial score (nSPS) is 15.5. The van der Waals surface area contributed by atoms with Gasteiger partial charge in [-0.25, -0.2) is 9.80 Å². The zero-order valence-corrected chi connectivity index (χ0v) is 19.1. The Morgan fingerprint density at radius 1 is 1.12 bits per heavy atom. The van der Waals surface area contributed by atoms with Gasteiger partial charge in [0.1, 0.15) is 16.7 Å². The lowest BCUT2D eigenvalue weighted by Crippen LogP contribution is -2.46. The molecule has 1 saturated heterocycles. The minimum absolute atomic E-state index is 0.225. The highest BCUT2D eigenvalue weighted by atomic mass is 32.2. The molecule has 2 aromatic carbocycles. The standard InChI is InChI=1S/C23H22N2O7S/c1-13-8-22(28)32-18-10-15(5-6-16(13)18)31-11-20(26)24-25-21(27)12-33-23(25)14-4-7-17(29-2)19(9-14)30-3/h4-10,23H,11-12H2,1-3H3,(H,24,26). The number of benzene rings is 2. The number of nitrogens with one attached hydrogen (secondary N) is 1. The molecular formula is C23H22N2O7S. The summed E-state index contributed by atoms with van der Waals surface area (Å²) in [5, 5.41) is 1.66. The number of methoxy groups -OCH3 is 2. The fourth-order valence-corrected chi connectivity index (χ4v) is 4.61. The number of carbonyl (C=O) groups excluding carboxylic acids is 2. The van der Waals surface area contributed by atoms with Gasteiger partial charge in [-0.2, -0.15) is 0 Å². The van der Waals surface area contributed by atoms with Gasteiger partial charge in [0.2, 0.25) is 0 Å². The Kier molecular flexibility index (Phi) is 6.45. The summed E-state index contributed by atoms with van der Waals surface area (Å²) in [6, 6.07) is 11.8. The number of nitrogens with zero attached hydrogens (tertiary/aromatic N) is 1. The predicted octanol–water partition coefficient (Wildman–Crippen LogP) is 2.80. The number of aryl methyl sites for hydroxylation is 1. The van der Waals surface area contributed by atoms with Gasteiger partial charge in [-0.3, -0.25) is 15.0 Å². The molecule has 1 aliphatic heterocycles. The maximum atomic E-state index is 12.5. The third kappa shape index (κ3) is 4.75. The van der Waals surface area contributed by atoms with Crippen LogP contribution in [0.15, 0.2) is 51.7 Å². The molecule has 1 aliphatic rings. The molecule has 3 aromatic rings. The van der Waals surface area contributed by atoms with E-state index in [4.69, 9.17) is 18.6 Å². The Labute approximate surface area is 193 Å². The molecule has 0 radical (unpaired) electrons. The maximum absolute atomic E-state index is 12.5. The number of hydrogen-bond acceptors (Lipinski definition) is 8. The predicted molar refractivity (Wildman–Crippen MR) is 122 cm³/mol. The average Bonchev–Trinajstić information content (AvgIpc) is 3.16. The third-order valence-electron chi connectivity index (χ3n) is 5.10. The van der Waals surface area contributed by atoms with Gasteiger partial charge >= 0.3 is 5.63 Å². The number of hydrazine groups is 1. The summed E-state index contributed by atoms with van der Waals surface area (Å²) in [6.07, 6.45) is 0. The van der Waals surface area contributed by atoms with Crippen molar-refractivity contribution in [3.8, 4) is 17.2 Å². The van der Waals surface area contributed by atoms with E-state index >= 15 is 0 Å². The van der Waals surface area contributed by atoms with E-state index in [9.17, 15) is 14.4 Å². The van der Waals surface area contributed by atoms with E-state index in [2.05, 4.69) is 5.43 Å². The van der Waals surface area contributed by atoms with Crippen LogP contribution in [0.2, 0.25) is 0 Å². The van der Waals surface area contributed by atoms with Crippen LogP contribution >= 0.6 is 11.8 Å². The Balaban J connectivity index is 1.44. The highest BCUT2D eigenvalue weighted by molar-refractivity contribution is 8.00. The van der Waals surface area contributed by atoms with Gasteiger partial charge in [0, 0.05) is 17.5 Å². The average molecular weight is 471 g/mol. The molecule has 33 heavy (non-hydrogen) atoms. The molecule has 0 aliphatic carbocycles. The SMILES string of the molecule is COc1ccc(C2SCC(=O)N2NC(=O)COc2ccc3c(C)cc(=O)oc3c2)cc1OC. The summed E-state index contributed by atoms with van der Waals surface area (Å²) in [5.41, 5.74) is 4.11. The lowest BCUT2D eigenvalue weighted by atomic mass is 10.1. The summed E-state index contributed by atoms with van der Waals surface area (Å²) in [6.45, 7) is 1.49. The maximum Gasteiger partial charge on any atom is 0.336 e. The molecule has 0 spiro atoms. The number of carbonyl (C=O) groups is 2. The van der Waals surface area contributed by atoms with Crippen LogP contribution in [0.4, 0.5) is 0 Å². The minimum Gasteiger partial charge on any atom is -0.493 e. The molecular weight excluding hydrogens is 448 g/mol. The van der Waals surface area contributed by atoms with Crippen molar-refractivity contribution in [3.05, 3.63) is 64.0 Å². The summed E-state index contributed by atoms with van der Waals surface area (Å²) in [4.78, 5) is 36.5. The first-order chi connectivity index (χ1) is 15.9. The second-order valence-electron chi connectivity index (χ2n) is 7.27. The smallest absolute Gasteiger partial charge is 0.336 e. The van der Waals surface area contributed by atoms with Crippen molar-refractivity contribution in [3.63, 3.8) is 0 Å². The highest BCUT2D eigenvalue weighted by Crippen LogP contribution is 2.40. The van der Waals surface area contributed by atoms with Gasteiger partial charge in [0.05, 0.1) is 20.0 Å². The van der Waals surface area contributed by atoms with Gasteiger partial charge in [-0.15, -0.1) is 11.8 Å². The van der Waals surface area contributed by atoms with E-state index in [1.807, 2.05) is 13.0 Å². The molecule has 1 fully saturated rings. The van der Waals surface area contributed by atoms with Crippen molar-refractivity contribution in [1.82, 2.24) is 10.4 Å². The van der Waals surface area contributed by atoms with E-state index in [0.29, 0.717) is 22.8 Å². The van der Waals surface area contributed by atoms with Crippen molar-refractivity contribution >= 4 is 34.5 Å². The lowest BCUT2D eigenvalue weighted by Gasteiger charge is -2.25. The van der Waals surface area contributed by atoms with Gasteiger partial charge in [-0.05, 0) is 42.3 Å². The van der Waals surface area contributed by atoms with Gasteiger partial charge < -0.3 is 18.6 Å². The van der Waals surface area contributed by atoms with Crippen LogP contribution in [-0.2, 0) is 9.59 Å². The summed E-state index contributed by atoms with van der Waals surface area (Å²) >= 11 is 1.39. The van der Waals surface area contributed by atoms with E-state index < -0.39 is 16.9 Å². The monoisotopic (exact) mass is 470 g/mol. The number of amides is 2. The van der Waals surface area contributed by atoms with Crippen LogP contribution < -0.4 is 25.3 Å². The molecule has 9 nitrogen and oxygen atoms in total. The van der Waals surface area contributed by atoms with E-state index in [1.54, 1.807) is 37.4 Å². The zero-order chi connectivity index (χ0) is 23.5. The van der Waals surface area contributed by atoms with Crippen molar-refractivity contribution in [2.45, 2.75) is 12.3 Å². The van der Waals surface area contributed by atoms with Gasteiger partial charge in [0.25, 0.3) is 11.8 Å². The molecule has 10 heteroatoms. The van der Waals surface area contributed by atoms with Crippen molar-refractivity contribution in [2.24, 2.45) is 0 Å². The minimum atomic E-state index is -0.498. The Hall–Kier alpha value is -3.66. The molecule has 0 saturated carbocycles. The summed E-state index contributed by atoms with van der Waals surface area (Å²) in [5.74, 6) is 0.968. The number of thioether (sulfide) groups is 1. The molecule has 1 aromatic heterocycles. The molecule has 2 heterocycles. The van der Waals surface area contributed by atoms with Crippen LogP contribution in [0.3, 0.4) is 0 Å².